The summed E-state index contributed by atoms with van der Waals surface area (Å²) in [6.45, 7) is 2.12. The van der Waals surface area contributed by atoms with Crippen LogP contribution in [0.1, 0.15) is 34.6 Å². The van der Waals surface area contributed by atoms with E-state index < -0.39 is 0 Å². The number of nitrogens with zero attached hydrogens (tertiary/aromatic N) is 2. The van der Waals surface area contributed by atoms with Gasteiger partial charge in [0.25, 0.3) is 5.91 Å². The van der Waals surface area contributed by atoms with Gasteiger partial charge in [0.2, 0.25) is 5.89 Å². The van der Waals surface area contributed by atoms with Crippen LogP contribution < -0.4 is 5.32 Å². The average Bonchev–Trinajstić information content (AvgIpc) is 3.16. The highest BCUT2D eigenvalue weighted by atomic mass is 16.5. The Balaban J connectivity index is 1.60. The molecule has 3 N–H and O–H groups in total. The van der Waals surface area contributed by atoms with Crippen molar-refractivity contribution in [1.82, 2.24) is 15.5 Å². The number of amides is 1. The van der Waals surface area contributed by atoms with Crippen LogP contribution in [0.2, 0.25) is 0 Å². The van der Waals surface area contributed by atoms with Crippen LogP contribution in [0.3, 0.4) is 0 Å². The lowest BCUT2D eigenvalue weighted by Crippen LogP contribution is -2.25. The van der Waals surface area contributed by atoms with Crippen LogP contribution in [-0.2, 0) is 19.4 Å². The molecule has 0 spiro atoms. The zero-order valence-electron chi connectivity index (χ0n) is 15.0. The number of aliphatic hydroxyl groups is 1. The van der Waals surface area contributed by atoms with E-state index in [9.17, 15) is 15.0 Å². The lowest BCUT2D eigenvalue weighted by atomic mass is 10.0. The van der Waals surface area contributed by atoms with Gasteiger partial charge in [-0.1, -0.05) is 30.3 Å². The van der Waals surface area contributed by atoms with Crippen LogP contribution in [0.25, 0.3) is 11.1 Å². The molecule has 27 heavy (non-hydrogen) atoms. The quantitative estimate of drug-likeness (QED) is 0.592. The van der Waals surface area contributed by atoms with Crippen LogP contribution >= 0.6 is 0 Å². The van der Waals surface area contributed by atoms with Crippen molar-refractivity contribution in [2.45, 2.75) is 26.4 Å². The summed E-state index contributed by atoms with van der Waals surface area (Å²) < 4.78 is 5.03. The highest BCUT2D eigenvalue weighted by molar-refractivity contribution is 5.94. The Morgan fingerprint density at radius 1 is 1.15 bits per heavy atom. The van der Waals surface area contributed by atoms with E-state index >= 15 is 0 Å². The van der Waals surface area contributed by atoms with Crippen molar-refractivity contribution in [1.29, 1.82) is 0 Å². The first-order valence-corrected chi connectivity index (χ1v) is 8.73. The molecule has 0 aliphatic carbocycles. The second-order valence-corrected chi connectivity index (χ2v) is 6.04. The molecule has 1 amide bonds. The Labute approximate surface area is 156 Å². The molecule has 1 heterocycles. The monoisotopic (exact) mass is 367 g/mol. The largest absolute Gasteiger partial charge is 0.508 e. The van der Waals surface area contributed by atoms with Crippen LogP contribution in [0.4, 0.5) is 0 Å². The molecule has 3 aromatic rings. The fourth-order valence-corrected chi connectivity index (χ4v) is 2.63. The number of benzene rings is 2. The zero-order valence-corrected chi connectivity index (χ0v) is 15.0. The Morgan fingerprint density at radius 3 is 2.56 bits per heavy atom. The molecule has 0 bridgehead atoms. The lowest BCUT2D eigenvalue weighted by Gasteiger charge is -2.08. The number of aryl methyl sites for hydroxylation is 1. The van der Waals surface area contributed by atoms with E-state index in [2.05, 4.69) is 15.5 Å². The second-order valence-electron chi connectivity index (χ2n) is 6.04. The van der Waals surface area contributed by atoms with E-state index in [4.69, 9.17) is 4.52 Å². The maximum atomic E-state index is 12.2. The van der Waals surface area contributed by atoms with Crippen molar-refractivity contribution in [3.8, 4) is 16.9 Å². The van der Waals surface area contributed by atoms with Gasteiger partial charge in [0.15, 0.2) is 5.82 Å². The number of nitrogens with one attached hydrogen (secondary N) is 1. The van der Waals surface area contributed by atoms with Gasteiger partial charge in [0.1, 0.15) is 5.75 Å². The predicted molar refractivity (Wildman–Crippen MR) is 99.2 cm³/mol. The molecule has 1 aromatic heterocycles. The van der Waals surface area contributed by atoms with Gasteiger partial charge in [0, 0.05) is 30.5 Å². The fraction of sp³-hybridized carbons (Fsp3) is 0.250. The predicted octanol–water partition coefficient (Wildman–Crippen LogP) is 2.47. The van der Waals surface area contributed by atoms with E-state index in [0.717, 1.165) is 11.1 Å². The third-order valence-electron chi connectivity index (χ3n) is 4.18. The molecule has 0 aliphatic rings. The number of aromatic hydroxyl groups is 1. The summed E-state index contributed by atoms with van der Waals surface area (Å²) in [6, 6.07) is 12.2. The number of phenols is 1. The van der Waals surface area contributed by atoms with Crippen molar-refractivity contribution < 1.29 is 19.5 Å². The Bertz CT molecular complexity index is 919. The number of carbonyl (C=O) groups is 1. The molecule has 0 atom stereocenters. The number of aliphatic hydroxyl groups excluding tert-OH is 1. The molecule has 0 unspecified atom stereocenters. The summed E-state index contributed by atoms with van der Waals surface area (Å²) in [5.74, 6) is 1.05. The van der Waals surface area contributed by atoms with Gasteiger partial charge in [-0.15, -0.1) is 0 Å². The van der Waals surface area contributed by atoms with Crippen LogP contribution in [0.15, 0.2) is 47.0 Å². The van der Waals surface area contributed by atoms with Gasteiger partial charge >= 0.3 is 0 Å². The minimum absolute atomic E-state index is 0.0601. The van der Waals surface area contributed by atoms with Crippen molar-refractivity contribution in [2.75, 3.05) is 6.54 Å². The minimum Gasteiger partial charge on any atom is -0.508 e. The molecule has 0 saturated carbocycles. The molecule has 0 fully saturated rings. The summed E-state index contributed by atoms with van der Waals surface area (Å²) >= 11 is 0. The average molecular weight is 367 g/mol. The third-order valence-corrected chi connectivity index (χ3v) is 4.18. The fourth-order valence-electron chi connectivity index (χ4n) is 2.63. The molecule has 3 rings (SSSR count). The van der Waals surface area contributed by atoms with E-state index in [1.807, 2.05) is 19.1 Å². The lowest BCUT2D eigenvalue weighted by molar-refractivity contribution is 0.0954. The zero-order chi connectivity index (χ0) is 19.2. The van der Waals surface area contributed by atoms with Gasteiger partial charge in [-0.3, -0.25) is 4.79 Å². The summed E-state index contributed by atoms with van der Waals surface area (Å²) in [5, 5.41) is 25.6. The second kappa shape index (κ2) is 8.46. The molecule has 0 aliphatic heterocycles. The summed E-state index contributed by atoms with van der Waals surface area (Å²) in [5.41, 5.74) is 2.75. The molecular weight excluding hydrogens is 346 g/mol. The maximum Gasteiger partial charge on any atom is 0.251 e. The molecular formula is C20H21N3O4. The van der Waals surface area contributed by atoms with Crippen LogP contribution in [-0.4, -0.2) is 32.8 Å². The molecule has 140 valence electrons. The summed E-state index contributed by atoms with van der Waals surface area (Å²) in [6.07, 6.45) is 1.19. The highest BCUT2D eigenvalue weighted by Crippen LogP contribution is 2.26. The SMILES string of the molecule is CCc1nc(CCNC(=O)c2ccc(-c3ccc(O)c(CO)c3)cc2)no1. The Kier molecular flexibility index (Phi) is 5.83. The first-order chi connectivity index (χ1) is 13.1. The smallest absolute Gasteiger partial charge is 0.251 e. The Hall–Kier alpha value is -3.19. The van der Waals surface area contributed by atoms with E-state index in [1.54, 1.807) is 30.3 Å². The van der Waals surface area contributed by atoms with Gasteiger partial charge in [0.05, 0.1) is 6.61 Å². The molecule has 2 aromatic carbocycles. The van der Waals surface area contributed by atoms with E-state index in [1.165, 1.54) is 0 Å². The first-order valence-electron chi connectivity index (χ1n) is 8.73. The van der Waals surface area contributed by atoms with Gasteiger partial charge in [-0.05, 0) is 35.4 Å². The van der Waals surface area contributed by atoms with E-state index in [0.29, 0.717) is 42.2 Å². The van der Waals surface area contributed by atoms with Gasteiger partial charge in [-0.25, -0.2) is 0 Å². The maximum absolute atomic E-state index is 12.2. The highest BCUT2D eigenvalue weighted by Gasteiger charge is 2.09. The number of carbonyl (C=O) groups excluding carboxylic acids is 1. The Morgan fingerprint density at radius 2 is 1.89 bits per heavy atom. The van der Waals surface area contributed by atoms with Gasteiger partial charge < -0.3 is 20.1 Å². The normalized spacial score (nSPS) is 10.7. The molecule has 0 saturated heterocycles. The van der Waals surface area contributed by atoms with Crippen molar-refractivity contribution in [2.24, 2.45) is 0 Å². The first kappa shape index (κ1) is 18.6. The molecule has 7 heteroatoms. The summed E-state index contributed by atoms with van der Waals surface area (Å²) in [7, 11) is 0. The van der Waals surface area contributed by atoms with Crippen molar-refractivity contribution in [3.05, 3.63) is 65.3 Å². The number of rotatable bonds is 7. The van der Waals surface area contributed by atoms with Crippen LogP contribution in [0.5, 0.6) is 5.75 Å². The molecule has 0 radical (unpaired) electrons. The van der Waals surface area contributed by atoms with Crippen LogP contribution in [0, 0.1) is 0 Å². The number of aromatic nitrogens is 2. The standard InChI is InChI=1S/C20H21N3O4/c1-2-19-22-18(23-27-19)9-10-21-20(26)14-5-3-13(4-6-14)15-7-8-17(25)16(11-15)12-24/h3-8,11,24-25H,2,9-10,12H2,1H3,(H,21,26). The summed E-state index contributed by atoms with van der Waals surface area (Å²) in [4.78, 5) is 16.4. The number of hydrogen-bond donors (Lipinski definition) is 3. The third kappa shape index (κ3) is 4.51. The minimum atomic E-state index is -0.236. The van der Waals surface area contributed by atoms with E-state index in [-0.39, 0.29) is 18.3 Å². The topological polar surface area (TPSA) is 108 Å². The van der Waals surface area contributed by atoms with Crippen molar-refractivity contribution >= 4 is 5.91 Å². The van der Waals surface area contributed by atoms with Gasteiger partial charge in [-0.2, -0.15) is 4.98 Å². The molecule has 7 nitrogen and oxygen atoms in total. The van der Waals surface area contributed by atoms with Crippen molar-refractivity contribution in [3.63, 3.8) is 0 Å². The number of hydrogen-bond acceptors (Lipinski definition) is 6.